The molecule has 4 rings (SSSR count). The van der Waals surface area contributed by atoms with Gasteiger partial charge in [-0.3, -0.25) is 4.31 Å². The Kier molecular flexibility index (Phi) is 5.19. The Balaban J connectivity index is 1.73. The predicted octanol–water partition coefficient (Wildman–Crippen LogP) is 5.25. The Morgan fingerprint density at radius 2 is 1.90 bits per heavy atom. The molecule has 2 aromatic carbocycles. The van der Waals surface area contributed by atoms with Gasteiger partial charge in [0.15, 0.2) is 5.16 Å². The van der Waals surface area contributed by atoms with Crippen LogP contribution in [0.25, 0.3) is 11.3 Å². The number of aromatic nitrogens is 2. The molecule has 0 bridgehead atoms. The van der Waals surface area contributed by atoms with E-state index >= 15 is 0 Å². The standard InChI is InChI=1S/C19H13ClF3N3O2S2/c1-26-15-7-6-12(20)8-13(15)17-16(30(26,27)28)9-24-18(25-17)29-10-11-4-2-3-5-14(11)19(21,22)23/h2-9H,10H2,1H3. The normalized spacial score (nSPS) is 14.9. The number of rotatable bonds is 3. The van der Waals surface area contributed by atoms with Crippen LogP contribution in [0.1, 0.15) is 11.1 Å². The van der Waals surface area contributed by atoms with Gasteiger partial charge in [-0.2, -0.15) is 13.2 Å². The van der Waals surface area contributed by atoms with Crippen molar-refractivity contribution in [3.8, 4) is 11.3 Å². The van der Waals surface area contributed by atoms with Crippen molar-refractivity contribution in [2.45, 2.75) is 22.0 Å². The number of sulfonamides is 1. The minimum Gasteiger partial charge on any atom is -0.269 e. The number of benzene rings is 2. The summed E-state index contributed by atoms with van der Waals surface area (Å²) in [5.41, 5.74) is 0.454. The van der Waals surface area contributed by atoms with E-state index in [4.69, 9.17) is 11.6 Å². The van der Waals surface area contributed by atoms with Crippen LogP contribution in [0, 0.1) is 0 Å². The van der Waals surface area contributed by atoms with E-state index in [1.165, 1.54) is 31.4 Å². The zero-order valence-corrected chi connectivity index (χ0v) is 17.7. The molecule has 0 unspecified atom stereocenters. The van der Waals surface area contributed by atoms with E-state index in [1.807, 2.05) is 0 Å². The first-order valence-corrected chi connectivity index (χ1v) is 11.3. The van der Waals surface area contributed by atoms with Crippen LogP contribution in [0.15, 0.2) is 58.7 Å². The van der Waals surface area contributed by atoms with Crippen molar-refractivity contribution < 1.29 is 21.6 Å². The van der Waals surface area contributed by atoms with Crippen LogP contribution in [0.4, 0.5) is 18.9 Å². The SMILES string of the molecule is CN1c2ccc(Cl)cc2-c2nc(SCc3ccccc3C(F)(F)F)ncc2S1(=O)=O. The molecule has 2 heterocycles. The van der Waals surface area contributed by atoms with Gasteiger partial charge >= 0.3 is 6.18 Å². The van der Waals surface area contributed by atoms with E-state index in [0.29, 0.717) is 16.3 Å². The third kappa shape index (κ3) is 3.63. The molecule has 0 spiro atoms. The molecule has 0 amide bonds. The maximum absolute atomic E-state index is 13.2. The van der Waals surface area contributed by atoms with Crippen LogP contribution in [0.3, 0.4) is 0 Å². The minimum absolute atomic E-state index is 0.0243. The van der Waals surface area contributed by atoms with Gasteiger partial charge in [0.1, 0.15) is 4.90 Å². The van der Waals surface area contributed by atoms with Crippen molar-refractivity contribution in [2.24, 2.45) is 0 Å². The van der Waals surface area contributed by atoms with Gasteiger partial charge in [0, 0.05) is 23.4 Å². The molecule has 5 nitrogen and oxygen atoms in total. The van der Waals surface area contributed by atoms with Crippen LogP contribution >= 0.6 is 23.4 Å². The first kappa shape index (κ1) is 21.0. The topological polar surface area (TPSA) is 63.2 Å². The Morgan fingerprint density at radius 1 is 1.17 bits per heavy atom. The van der Waals surface area contributed by atoms with E-state index in [1.54, 1.807) is 18.2 Å². The molecule has 1 aromatic heterocycles. The van der Waals surface area contributed by atoms with Crippen molar-refractivity contribution in [1.82, 2.24) is 9.97 Å². The van der Waals surface area contributed by atoms with E-state index < -0.39 is 21.8 Å². The quantitative estimate of drug-likeness (QED) is 0.386. The summed E-state index contributed by atoms with van der Waals surface area (Å²) in [6.45, 7) is 0. The monoisotopic (exact) mass is 471 g/mol. The number of nitrogens with zero attached hydrogens (tertiary/aromatic N) is 3. The molecule has 0 saturated heterocycles. The lowest BCUT2D eigenvalue weighted by atomic mass is 10.1. The maximum Gasteiger partial charge on any atom is 0.416 e. The van der Waals surface area contributed by atoms with Gasteiger partial charge in [0.25, 0.3) is 10.0 Å². The first-order valence-electron chi connectivity index (χ1n) is 8.53. The van der Waals surface area contributed by atoms with Gasteiger partial charge in [0.05, 0.1) is 23.1 Å². The molecule has 30 heavy (non-hydrogen) atoms. The Morgan fingerprint density at radius 3 is 2.63 bits per heavy atom. The van der Waals surface area contributed by atoms with Gasteiger partial charge < -0.3 is 0 Å². The number of fused-ring (bicyclic) bond motifs is 3. The van der Waals surface area contributed by atoms with Crippen LogP contribution in [-0.4, -0.2) is 25.4 Å². The highest BCUT2D eigenvalue weighted by Crippen LogP contribution is 2.43. The average Bonchev–Trinajstić information content (AvgIpc) is 2.70. The molecule has 0 fully saturated rings. The second-order valence-corrected chi connectivity index (χ2v) is 9.76. The summed E-state index contributed by atoms with van der Waals surface area (Å²) < 4.78 is 66.3. The molecular weight excluding hydrogens is 459 g/mol. The number of halogens is 4. The van der Waals surface area contributed by atoms with Gasteiger partial charge in [-0.15, -0.1) is 0 Å². The smallest absolute Gasteiger partial charge is 0.269 e. The molecule has 156 valence electrons. The fraction of sp³-hybridized carbons (Fsp3) is 0.158. The zero-order chi connectivity index (χ0) is 21.7. The fourth-order valence-electron chi connectivity index (χ4n) is 3.12. The van der Waals surface area contributed by atoms with E-state index in [0.717, 1.165) is 22.1 Å². The Bertz CT molecular complexity index is 1250. The van der Waals surface area contributed by atoms with Gasteiger partial charge in [-0.05, 0) is 29.8 Å². The first-order chi connectivity index (χ1) is 14.1. The number of hydrogen-bond acceptors (Lipinski definition) is 5. The number of anilines is 1. The number of hydrogen-bond donors (Lipinski definition) is 0. The van der Waals surface area contributed by atoms with Crippen molar-refractivity contribution >= 4 is 39.1 Å². The van der Waals surface area contributed by atoms with Crippen LogP contribution in [-0.2, 0) is 22.0 Å². The summed E-state index contributed by atoms with van der Waals surface area (Å²) in [5.74, 6) is -0.0243. The summed E-state index contributed by atoms with van der Waals surface area (Å²) in [7, 11) is -2.43. The van der Waals surface area contributed by atoms with Crippen molar-refractivity contribution in [3.05, 3.63) is 64.8 Å². The van der Waals surface area contributed by atoms with Crippen molar-refractivity contribution in [2.75, 3.05) is 11.4 Å². The van der Waals surface area contributed by atoms with Gasteiger partial charge in [0.2, 0.25) is 0 Å². The maximum atomic E-state index is 13.2. The summed E-state index contributed by atoms with van der Waals surface area (Å²) in [6.07, 6.45) is -3.29. The summed E-state index contributed by atoms with van der Waals surface area (Å²) in [6, 6.07) is 10.0. The van der Waals surface area contributed by atoms with Crippen LogP contribution in [0.2, 0.25) is 5.02 Å². The molecular formula is C19H13ClF3N3O2S2. The third-order valence-electron chi connectivity index (χ3n) is 4.60. The summed E-state index contributed by atoms with van der Waals surface area (Å²) in [5, 5.41) is 0.565. The largest absolute Gasteiger partial charge is 0.416 e. The molecule has 0 N–H and O–H groups in total. The Hall–Kier alpha value is -2.30. The zero-order valence-electron chi connectivity index (χ0n) is 15.3. The van der Waals surface area contributed by atoms with Gasteiger partial charge in [-0.25, -0.2) is 18.4 Å². The van der Waals surface area contributed by atoms with Crippen LogP contribution < -0.4 is 4.31 Å². The third-order valence-corrected chi connectivity index (χ3v) is 7.52. The predicted molar refractivity (Wildman–Crippen MR) is 109 cm³/mol. The highest BCUT2D eigenvalue weighted by molar-refractivity contribution is 7.98. The average molecular weight is 472 g/mol. The molecule has 1 aliphatic rings. The van der Waals surface area contributed by atoms with Gasteiger partial charge in [-0.1, -0.05) is 41.6 Å². The van der Waals surface area contributed by atoms with E-state index in [9.17, 15) is 21.6 Å². The summed E-state index contributed by atoms with van der Waals surface area (Å²) in [4.78, 5) is 8.31. The van der Waals surface area contributed by atoms with E-state index in [-0.39, 0.29) is 27.1 Å². The molecule has 0 radical (unpaired) electrons. The Labute approximate surface area is 180 Å². The second kappa shape index (κ2) is 7.44. The fourth-order valence-corrected chi connectivity index (χ4v) is 5.41. The summed E-state index contributed by atoms with van der Waals surface area (Å²) >= 11 is 7.07. The molecule has 3 aromatic rings. The van der Waals surface area contributed by atoms with Crippen molar-refractivity contribution in [1.29, 1.82) is 0 Å². The lowest BCUT2D eigenvalue weighted by Gasteiger charge is -2.28. The second-order valence-electron chi connectivity index (χ2n) is 6.44. The minimum atomic E-state index is -4.47. The molecule has 0 saturated carbocycles. The lowest BCUT2D eigenvalue weighted by molar-refractivity contribution is -0.138. The van der Waals surface area contributed by atoms with E-state index in [2.05, 4.69) is 9.97 Å². The molecule has 0 aliphatic carbocycles. The molecule has 0 atom stereocenters. The van der Waals surface area contributed by atoms with Crippen LogP contribution in [0.5, 0.6) is 0 Å². The van der Waals surface area contributed by atoms with Crippen molar-refractivity contribution in [3.63, 3.8) is 0 Å². The highest BCUT2D eigenvalue weighted by Gasteiger charge is 2.35. The highest BCUT2D eigenvalue weighted by atomic mass is 35.5. The molecule has 1 aliphatic heterocycles. The number of alkyl halides is 3. The number of thioether (sulfide) groups is 1. The lowest BCUT2D eigenvalue weighted by Crippen LogP contribution is -2.31. The molecule has 11 heteroatoms.